The SMILES string of the molecule is CCNC(=O)C(C)(C)C1c2ccccc2Oc2nc(-c3ccc(C=O)cc3)ccc21.CN(C)C. The highest BCUT2D eigenvalue weighted by Gasteiger charge is 2.43. The molecule has 4 rings (SSSR count). The van der Waals surface area contributed by atoms with Gasteiger partial charge >= 0.3 is 0 Å². The highest BCUT2D eigenvalue weighted by atomic mass is 16.5. The van der Waals surface area contributed by atoms with Crippen molar-refractivity contribution in [2.75, 3.05) is 27.7 Å². The summed E-state index contributed by atoms with van der Waals surface area (Å²) < 4.78 is 6.15. The molecular formula is C28H33N3O3. The molecule has 0 spiro atoms. The minimum Gasteiger partial charge on any atom is -0.438 e. The van der Waals surface area contributed by atoms with E-state index in [1.807, 2.05) is 95.3 Å². The van der Waals surface area contributed by atoms with Crippen LogP contribution >= 0.6 is 0 Å². The molecule has 1 unspecified atom stereocenters. The molecule has 1 aliphatic rings. The predicted molar refractivity (Wildman–Crippen MR) is 135 cm³/mol. The molecule has 6 heteroatoms. The van der Waals surface area contributed by atoms with Gasteiger partial charge in [0.2, 0.25) is 11.8 Å². The molecule has 6 nitrogen and oxygen atoms in total. The standard InChI is InChI=1S/C25H24N2O3.C3H9N/c1-4-26-24(29)25(2,3)22-18-7-5-6-8-21(18)30-23-19(22)13-14-20(27-23)17-11-9-16(15-28)10-12-17;1-4(2)3/h5-15,22H,4H2,1-3H3,(H,26,29);1-3H3. The number of aldehydes is 1. The van der Waals surface area contributed by atoms with Crippen LogP contribution in [0.25, 0.3) is 11.3 Å². The number of fused-ring (bicyclic) bond motifs is 2. The zero-order valence-electron chi connectivity index (χ0n) is 20.8. The van der Waals surface area contributed by atoms with Crippen LogP contribution in [0.1, 0.15) is 48.2 Å². The van der Waals surface area contributed by atoms with E-state index in [2.05, 4.69) is 5.32 Å². The molecular weight excluding hydrogens is 426 g/mol. The molecule has 2 heterocycles. The van der Waals surface area contributed by atoms with E-state index in [9.17, 15) is 9.59 Å². The van der Waals surface area contributed by atoms with Gasteiger partial charge in [0.25, 0.3) is 0 Å². The smallest absolute Gasteiger partial charge is 0.226 e. The Balaban J connectivity index is 0.000000751. The Hall–Kier alpha value is -3.51. The summed E-state index contributed by atoms with van der Waals surface area (Å²) in [5, 5.41) is 2.96. The number of carbonyl (C=O) groups is 2. The van der Waals surface area contributed by atoms with Crippen molar-refractivity contribution in [1.29, 1.82) is 0 Å². The third-order valence-corrected chi connectivity index (χ3v) is 5.62. The molecule has 0 fully saturated rings. The fourth-order valence-corrected chi connectivity index (χ4v) is 4.03. The second-order valence-electron chi connectivity index (χ2n) is 9.33. The van der Waals surface area contributed by atoms with E-state index in [4.69, 9.17) is 9.72 Å². The van der Waals surface area contributed by atoms with Crippen molar-refractivity contribution in [2.24, 2.45) is 5.41 Å². The summed E-state index contributed by atoms with van der Waals surface area (Å²) in [4.78, 5) is 30.6. The van der Waals surface area contributed by atoms with E-state index in [0.29, 0.717) is 23.7 Å². The minimum atomic E-state index is -0.695. The number of ether oxygens (including phenoxy) is 1. The van der Waals surface area contributed by atoms with Gasteiger partial charge in [-0.25, -0.2) is 4.98 Å². The molecule has 1 aromatic heterocycles. The minimum absolute atomic E-state index is 0.00817. The number of rotatable bonds is 5. The molecule has 1 atom stereocenters. The lowest BCUT2D eigenvalue weighted by molar-refractivity contribution is -0.130. The topological polar surface area (TPSA) is 71.5 Å². The molecule has 3 aromatic rings. The second-order valence-corrected chi connectivity index (χ2v) is 9.33. The zero-order chi connectivity index (χ0) is 24.9. The van der Waals surface area contributed by atoms with Gasteiger partial charge in [-0.05, 0) is 40.2 Å². The van der Waals surface area contributed by atoms with Gasteiger partial charge in [-0.15, -0.1) is 0 Å². The van der Waals surface area contributed by atoms with Crippen LogP contribution in [-0.2, 0) is 4.79 Å². The van der Waals surface area contributed by atoms with Crippen LogP contribution in [0.5, 0.6) is 11.6 Å². The summed E-state index contributed by atoms with van der Waals surface area (Å²) in [5.74, 6) is 1.02. The molecule has 2 aromatic carbocycles. The second kappa shape index (κ2) is 10.6. The molecule has 0 saturated carbocycles. The maximum absolute atomic E-state index is 12.9. The molecule has 34 heavy (non-hydrogen) atoms. The summed E-state index contributed by atoms with van der Waals surface area (Å²) in [6, 6.07) is 19.0. The van der Waals surface area contributed by atoms with Crippen LogP contribution in [-0.4, -0.2) is 49.8 Å². The van der Waals surface area contributed by atoms with E-state index < -0.39 is 5.41 Å². The van der Waals surface area contributed by atoms with Crippen molar-refractivity contribution in [1.82, 2.24) is 15.2 Å². The highest BCUT2D eigenvalue weighted by Crippen LogP contribution is 2.51. The Morgan fingerprint density at radius 3 is 2.29 bits per heavy atom. The normalized spacial score (nSPS) is 14.1. The van der Waals surface area contributed by atoms with Crippen LogP contribution in [0, 0.1) is 5.41 Å². The lowest BCUT2D eigenvalue weighted by Gasteiger charge is -2.37. The average molecular weight is 460 g/mol. The van der Waals surface area contributed by atoms with E-state index in [0.717, 1.165) is 28.7 Å². The number of hydrogen-bond donors (Lipinski definition) is 1. The van der Waals surface area contributed by atoms with Gasteiger partial charge in [0.05, 0.1) is 11.1 Å². The number of nitrogens with zero attached hydrogens (tertiary/aromatic N) is 2. The third kappa shape index (κ3) is 5.34. The number of aromatic nitrogens is 1. The van der Waals surface area contributed by atoms with Gasteiger partial charge in [-0.3, -0.25) is 9.59 Å². The third-order valence-electron chi connectivity index (χ3n) is 5.62. The van der Waals surface area contributed by atoms with Crippen molar-refractivity contribution in [3.8, 4) is 22.9 Å². The fourth-order valence-electron chi connectivity index (χ4n) is 4.03. The van der Waals surface area contributed by atoms with Gasteiger partial charge in [-0.1, -0.05) is 62.4 Å². The van der Waals surface area contributed by atoms with E-state index >= 15 is 0 Å². The van der Waals surface area contributed by atoms with Gasteiger partial charge in [0.1, 0.15) is 12.0 Å². The quantitative estimate of drug-likeness (QED) is 0.535. The molecule has 0 aliphatic carbocycles. The molecule has 1 aliphatic heterocycles. The Labute approximate surface area is 202 Å². The number of benzene rings is 2. The van der Waals surface area contributed by atoms with E-state index in [1.165, 1.54) is 0 Å². The van der Waals surface area contributed by atoms with Crippen molar-refractivity contribution >= 4 is 12.2 Å². The van der Waals surface area contributed by atoms with Gasteiger partial charge in [0.15, 0.2) is 0 Å². The monoisotopic (exact) mass is 459 g/mol. The molecule has 0 saturated heterocycles. The lowest BCUT2D eigenvalue weighted by Crippen LogP contribution is -2.42. The number of amides is 1. The first-order chi connectivity index (χ1) is 16.2. The summed E-state index contributed by atoms with van der Waals surface area (Å²) in [7, 11) is 6.00. The molecule has 0 bridgehead atoms. The van der Waals surface area contributed by atoms with Crippen LogP contribution in [0.2, 0.25) is 0 Å². The van der Waals surface area contributed by atoms with Gasteiger partial charge < -0.3 is 15.0 Å². The Morgan fingerprint density at radius 1 is 1.03 bits per heavy atom. The number of nitrogens with one attached hydrogen (secondary N) is 1. The van der Waals surface area contributed by atoms with Crippen molar-refractivity contribution < 1.29 is 14.3 Å². The Morgan fingerprint density at radius 2 is 1.68 bits per heavy atom. The van der Waals surface area contributed by atoms with Crippen molar-refractivity contribution in [3.63, 3.8) is 0 Å². The Kier molecular flexibility index (Phi) is 7.84. The summed E-state index contributed by atoms with van der Waals surface area (Å²) in [5.41, 5.74) is 3.43. The fraction of sp³-hybridized carbons (Fsp3) is 0.321. The van der Waals surface area contributed by atoms with Crippen LogP contribution < -0.4 is 10.1 Å². The highest BCUT2D eigenvalue weighted by molar-refractivity contribution is 5.84. The lowest BCUT2D eigenvalue weighted by atomic mass is 9.69. The van der Waals surface area contributed by atoms with Crippen LogP contribution in [0.3, 0.4) is 0 Å². The first kappa shape index (κ1) is 25.1. The molecule has 178 valence electrons. The predicted octanol–water partition coefficient (Wildman–Crippen LogP) is 5.14. The Bertz CT molecular complexity index is 1150. The first-order valence-corrected chi connectivity index (χ1v) is 11.4. The van der Waals surface area contributed by atoms with Crippen molar-refractivity contribution in [3.05, 3.63) is 77.4 Å². The molecule has 1 amide bonds. The van der Waals surface area contributed by atoms with Gasteiger partial charge in [0, 0.05) is 34.7 Å². The maximum atomic E-state index is 12.9. The first-order valence-electron chi connectivity index (χ1n) is 11.4. The van der Waals surface area contributed by atoms with Gasteiger partial charge in [-0.2, -0.15) is 0 Å². The summed E-state index contributed by atoms with van der Waals surface area (Å²) in [6.45, 7) is 6.42. The molecule has 0 radical (unpaired) electrons. The maximum Gasteiger partial charge on any atom is 0.226 e. The average Bonchev–Trinajstić information content (AvgIpc) is 2.82. The summed E-state index contributed by atoms with van der Waals surface area (Å²) in [6.07, 6.45) is 0.818. The van der Waals surface area contributed by atoms with E-state index in [-0.39, 0.29) is 11.8 Å². The zero-order valence-corrected chi connectivity index (χ0v) is 20.8. The summed E-state index contributed by atoms with van der Waals surface area (Å²) >= 11 is 0. The number of hydrogen-bond acceptors (Lipinski definition) is 5. The number of para-hydroxylation sites is 1. The largest absolute Gasteiger partial charge is 0.438 e. The number of pyridine rings is 1. The van der Waals surface area contributed by atoms with E-state index in [1.54, 1.807) is 12.1 Å². The van der Waals surface area contributed by atoms with Crippen LogP contribution in [0.4, 0.5) is 0 Å². The van der Waals surface area contributed by atoms with Crippen LogP contribution in [0.15, 0.2) is 60.7 Å². The molecule has 1 N–H and O–H groups in total. The van der Waals surface area contributed by atoms with Crippen molar-refractivity contribution in [2.45, 2.75) is 26.7 Å². The number of carbonyl (C=O) groups excluding carboxylic acids is 2.